The van der Waals surface area contributed by atoms with Crippen LogP contribution in [0.2, 0.25) is 0 Å². The van der Waals surface area contributed by atoms with Gasteiger partial charge in [0.05, 0.1) is 6.54 Å². The summed E-state index contributed by atoms with van der Waals surface area (Å²) in [6.07, 6.45) is 13.3. The summed E-state index contributed by atoms with van der Waals surface area (Å²) in [6.45, 7) is 6.65. The maximum absolute atomic E-state index is 13.1. The normalized spacial score (nSPS) is 43.1. The highest BCUT2D eigenvalue weighted by Gasteiger charge is 2.58. The molecule has 6 bridgehead atoms. The van der Waals surface area contributed by atoms with E-state index in [1.54, 1.807) is 0 Å². The van der Waals surface area contributed by atoms with Gasteiger partial charge in [-0.15, -0.1) is 0 Å². The molecule has 4 heteroatoms. The zero-order chi connectivity index (χ0) is 20.4. The number of fused-ring (bicyclic) bond motifs is 2. The number of Topliss-reactive ketones (excluding diaryl/α,β-unsaturated/α-hetero) is 1. The highest BCUT2D eigenvalue weighted by molar-refractivity contribution is 5.80. The molecule has 1 amide bonds. The maximum Gasteiger partial charge on any atom is 0.234 e. The van der Waals surface area contributed by atoms with E-state index >= 15 is 0 Å². The van der Waals surface area contributed by atoms with Crippen LogP contribution in [0.15, 0.2) is 0 Å². The Hall–Kier alpha value is -0.900. The van der Waals surface area contributed by atoms with E-state index in [2.05, 4.69) is 10.2 Å². The van der Waals surface area contributed by atoms with E-state index in [4.69, 9.17) is 0 Å². The van der Waals surface area contributed by atoms with E-state index in [0.29, 0.717) is 35.7 Å². The van der Waals surface area contributed by atoms with Gasteiger partial charge in [-0.25, -0.2) is 0 Å². The van der Waals surface area contributed by atoms with Gasteiger partial charge in [-0.2, -0.15) is 0 Å². The lowest BCUT2D eigenvalue weighted by Crippen LogP contribution is -2.51. The van der Waals surface area contributed by atoms with Crippen LogP contribution in [0.5, 0.6) is 0 Å². The standard InChI is InChI=1S/C25H40N2O2/c1-24(2,3)26-23(29)15-27-20-4-5-21(27)10-16(9-20)11-22(28)14-25-12-17-6-18(13-25)8-19(25)7-17/h16-21H,4-15H2,1-3H3,(H,26,29)/t16?,17?,18?,19?,20-,21?,25?/m1/s1. The molecule has 162 valence electrons. The minimum absolute atomic E-state index is 0.148. The Morgan fingerprint density at radius 3 is 2.17 bits per heavy atom. The third-order valence-corrected chi connectivity index (χ3v) is 9.05. The zero-order valence-electron chi connectivity index (χ0n) is 18.7. The molecular weight excluding hydrogens is 360 g/mol. The SMILES string of the molecule is CC(C)(C)NC(=O)CN1C2CC[C@@H]1CC(CC(=O)CC13CC4CC(CC1C4)C3)C2. The number of ketones is 1. The minimum atomic E-state index is -0.167. The van der Waals surface area contributed by atoms with Crippen molar-refractivity contribution in [1.29, 1.82) is 0 Å². The fourth-order valence-corrected chi connectivity index (χ4v) is 8.48. The molecule has 2 saturated heterocycles. The van der Waals surface area contributed by atoms with Crippen LogP contribution in [0.1, 0.15) is 91.4 Å². The fraction of sp³-hybridized carbons (Fsp3) is 0.920. The second-order valence-electron chi connectivity index (χ2n) is 12.5. The van der Waals surface area contributed by atoms with Gasteiger partial charge in [0.25, 0.3) is 0 Å². The Kier molecular flexibility index (Phi) is 4.88. The highest BCUT2D eigenvalue weighted by atomic mass is 16.2. The van der Waals surface area contributed by atoms with Crippen LogP contribution in [0, 0.1) is 29.1 Å². The van der Waals surface area contributed by atoms with Crippen molar-refractivity contribution < 1.29 is 9.59 Å². The molecule has 4 nitrogen and oxygen atoms in total. The second-order valence-corrected chi connectivity index (χ2v) is 12.5. The van der Waals surface area contributed by atoms with E-state index < -0.39 is 0 Å². The third kappa shape index (κ3) is 3.91. The van der Waals surface area contributed by atoms with Crippen LogP contribution in [0.4, 0.5) is 0 Å². The fourth-order valence-electron chi connectivity index (χ4n) is 8.48. The summed E-state index contributed by atoms with van der Waals surface area (Å²) in [6, 6.07) is 1.02. The van der Waals surface area contributed by atoms with E-state index in [-0.39, 0.29) is 11.4 Å². The number of hydrogen-bond acceptors (Lipinski definition) is 3. The summed E-state index contributed by atoms with van der Waals surface area (Å²) < 4.78 is 0. The van der Waals surface area contributed by atoms with Crippen molar-refractivity contribution in [2.24, 2.45) is 29.1 Å². The van der Waals surface area contributed by atoms with Crippen molar-refractivity contribution in [2.75, 3.05) is 6.54 Å². The van der Waals surface area contributed by atoms with Gasteiger partial charge in [0.15, 0.2) is 0 Å². The van der Waals surface area contributed by atoms with Crippen molar-refractivity contribution in [3.63, 3.8) is 0 Å². The summed E-state index contributed by atoms with van der Waals surface area (Å²) in [5.74, 6) is 4.01. The minimum Gasteiger partial charge on any atom is -0.350 e. The molecule has 6 rings (SSSR count). The van der Waals surface area contributed by atoms with Gasteiger partial charge in [0.1, 0.15) is 5.78 Å². The number of carbonyl (C=O) groups is 2. The number of rotatable bonds is 6. The highest BCUT2D eigenvalue weighted by Crippen LogP contribution is 2.66. The van der Waals surface area contributed by atoms with Gasteiger partial charge < -0.3 is 5.32 Å². The van der Waals surface area contributed by atoms with Crippen molar-refractivity contribution in [3.8, 4) is 0 Å². The van der Waals surface area contributed by atoms with Gasteiger partial charge in [-0.3, -0.25) is 14.5 Å². The van der Waals surface area contributed by atoms with Crippen LogP contribution in [0.3, 0.4) is 0 Å². The molecule has 4 saturated carbocycles. The van der Waals surface area contributed by atoms with Gasteiger partial charge in [0, 0.05) is 30.5 Å². The summed E-state index contributed by atoms with van der Waals surface area (Å²) in [5, 5.41) is 3.11. The molecule has 5 atom stereocenters. The predicted octanol–water partition coefficient (Wildman–Crippen LogP) is 4.32. The first-order valence-corrected chi connectivity index (χ1v) is 12.3. The smallest absolute Gasteiger partial charge is 0.234 e. The van der Waals surface area contributed by atoms with E-state index in [1.807, 2.05) is 20.8 Å². The number of nitrogens with one attached hydrogen (secondary N) is 1. The zero-order valence-corrected chi connectivity index (χ0v) is 18.7. The average Bonchev–Trinajstić information content (AvgIpc) is 3.05. The third-order valence-electron chi connectivity index (χ3n) is 9.05. The van der Waals surface area contributed by atoms with E-state index in [1.165, 1.54) is 44.9 Å². The van der Waals surface area contributed by atoms with Crippen molar-refractivity contribution in [1.82, 2.24) is 10.2 Å². The van der Waals surface area contributed by atoms with Gasteiger partial charge in [0.2, 0.25) is 5.91 Å². The monoisotopic (exact) mass is 400 g/mol. The summed E-state index contributed by atoms with van der Waals surface area (Å²) >= 11 is 0. The van der Waals surface area contributed by atoms with E-state index in [9.17, 15) is 9.59 Å². The van der Waals surface area contributed by atoms with Crippen LogP contribution >= 0.6 is 0 Å². The van der Waals surface area contributed by atoms with Crippen molar-refractivity contribution in [3.05, 3.63) is 0 Å². The molecule has 0 radical (unpaired) electrons. The Balaban J connectivity index is 1.14. The second kappa shape index (κ2) is 7.07. The molecule has 6 aliphatic rings. The van der Waals surface area contributed by atoms with Gasteiger partial charge in [-0.1, -0.05) is 0 Å². The van der Waals surface area contributed by atoms with Crippen LogP contribution in [-0.4, -0.2) is 40.8 Å². The molecule has 4 aliphatic carbocycles. The Labute approximate surface area is 176 Å². The van der Waals surface area contributed by atoms with Crippen LogP contribution in [0.25, 0.3) is 0 Å². The number of piperidine rings is 1. The summed E-state index contributed by atoms with van der Waals surface area (Å²) in [5.41, 5.74) is 0.245. The molecule has 2 heterocycles. The quantitative estimate of drug-likeness (QED) is 0.722. The van der Waals surface area contributed by atoms with Crippen LogP contribution in [-0.2, 0) is 9.59 Å². The molecule has 4 unspecified atom stereocenters. The molecular formula is C25H40N2O2. The van der Waals surface area contributed by atoms with Gasteiger partial charge in [-0.05, 0) is 108 Å². The first-order valence-electron chi connectivity index (χ1n) is 12.3. The summed E-state index contributed by atoms with van der Waals surface area (Å²) in [4.78, 5) is 28.0. The number of amides is 1. The average molecular weight is 401 g/mol. The van der Waals surface area contributed by atoms with E-state index in [0.717, 1.165) is 43.4 Å². The largest absolute Gasteiger partial charge is 0.350 e. The maximum atomic E-state index is 13.1. The molecule has 0 spiro atoms. The first kappa shape index (κ1) is 20.0. The summed E-state index contributed by atoms with van der Waals surface area (Å²) in [7, 11) is 0. The molecule has 0 aromatic rings. The predicted molar refractivity (Wildman–Crippen MR) is 114 cm³/mol. The Morgan fingerprint density at radius 1 is 0.966 bits per heavy atom. The lowest BCUT2D eigenvalue weighted by molar-refractivity contribution is -0.126. The molecule has 2 aliphatic heterocycles. The Bertz CT molecular complexity index is 653. The van der Waals surface area contributed by atoms with Gasteiger partial charge >= 0.3 is 0 Å². The Morgan fingerprint density at radius 2 is 1.59 bits per heavy atom. The molecule has 29 heavy (non-hydrogen) atoms. The van der Waals surface area contributed by atoms with Crippen molar-refractivity contribution in [2.45, 2.75) is 109 Å². The molecule has 6 fully saturated rings. The lowest BCUT2D eigenvalue weighted by atomic mass is 9.71. The molecule has 0 aromatic carbocycles. The number of carbonyl (C=O) groups excluding carboxylic acids is 2. The molecule has 1 N–H and O–H groups in total. The lowest BCUT2D eigenvalue weighted by Gasteiger charge is -2.39. The number of nitrogens with zero attached hydrogens (tertiary/aromatic N) is 1. The first-order chi connectivity index (χ1) is 13.7. The molecule has 0 aromatic heterocycles. The van der Waals surface area contributed by atoms with Crippen molar-refractivity contribution >= 4 is 11.7 Å². The van der Waals surface area contributed by atoms with Crippen LogP contribution < -0.4 is 5.32 Å². The number of hydrogen-bond donors (Lipinski definition) is 1. The topological polar surface area (TPSA) is 49.4 Å².